The van der Waals surface area contributed by atoms with Crippen LogP contribution in [-0.4, -0.2) is 92.0 Å². The molecule has 0 atom stereocenters. The summed E-state index contributed by atoms with van der Waals surface area (Å²) in [4.78, 5) is 22.0. The van der Waals surface area contributed by atoms with E-state index >= 15 is 0 Å². The number of hydrogen-bond acceptors (Lipinski definition) is 8. The maximum atomic E-state index is 14.3. The molecule has 1 saturated heterocycles. The lowest BCUT2D eigenvalue weighted by Crippen LogP contribution is -2.51. The van der Waals surface area contributed by atoms with Crippen LogP contribution < -0.4 is 5.73 Å². The fourth-order valence-corrected chi connectivity index (χ4v) is 7.07. The fourth-order valence-electron chi connectivity index (χ4n) is 7.07. The molecule has 0 unspecified atom stereocenters. The van der Waals surface area contributed by atoms with Crippen LogP contribution in [0, 0.1) is 11.6 Å². The van der Waals surface area contributed by atoms with E-state index in [0.717, 1.165) is 93.5 Å². The van der Waals surface area contributed by atoms with Gasteiger partial charge in [0.05, 0.1) is 22.5 Å². The van der Waals surface area contributed by atoms with Crippen LogP contribution in [0.4, 0.5) is 14.6 Å². The van der Waals surface area contributed by atoms with Crippen molar-refractivity contribution in [3.63, 3.8) is 0 Å². The molecule has 7 rings (SSSR count). The van der Waals surface area contributed by atoms with Crippen LogP contribution in [0.1, 0.15) is 49.5 Å². The molecule has 45 heavy (non-hydrogen) atoms. The molecule has 236 valence electrons. The zero-order chi connectivity index (χ0) is 30.9. The van der Waals surface area contributed by atoms with Gasteiger partial charge in [-0.3, -0.25) is 4.90 Å². The molecular formula is C33H39F2N9O. The number of ether oxygens (including phenoxy) is 1. The van der Waals surface area contributed by atoms with Crippen molar-refractivity contribution in [2.24, 2.45) is 0 Å². The summed E-state index contributed by atoms with van der Waals surface area (Å²) in [5, 5.41) is 5.83. The molecular weight excluding hydrogens is 576 g/mol. The van der Waals surface area contributed by atoms with E-state index in [4.69, 9.17) is 15.6 Å². The van der Waals surface area contributed by atoms with Crippen molar-refractivity contribution in [2.45, 2.75) is 50.6 Å². The third-order valence-corrected chi connectivity index (χ3v) is 9.49. The molecule has 12 heteroatoms. The summed E-state index contributed by atoms with van der Waals surface area (Å²) >= 11 is 0. The highest BCUT2D eigenvalue weighted by atomic mass is 19.1. The summed E-state index contributed by atoms with van der Waals surface area (Å²) in [5.41, 5.74) is 10.2. The van der Waals surface area contributed by atoms with Crippen LogP contribution in [0.25, 0.3) is 33.3 Å². The Bertz CT molecular complexity index is 1770. The second-order valence-corrected chi connectivity index (χ2v) is 12.2. The third kappa shape index (κ3) is 6.01. The van der Waals surface area contributed by atoms with Crippen molar-refractivity contribution in [2.75, 3.05) is 52.2 Å². The van der Waals surface area contributed by atoms with Crippen molar-refractivity contribution in [1.29, 1.82) is 0 Å². The Hall–Kier alpha value is -4.00. The van der Waals surface area contributed by atoms with Gasteiger partial charge in [0.1, 0.15) is 35.3 Å². The summed E-state index contributed by atoms with van der Waals surface area (Å²) in [6.07, 6.45) is 6.90. The van der Waals surface area contributed by atoms with Crippen molar-refractivity contribution < 1.29 is 13.5 Å². The summed E-state index contributed by atoms with van der Waals surface area (Å²) in [7, 11) is 1.77. The molecule has 1 aliphatic carbocycles. The topological polar surface area (TPSA) is 114 Å². The molecule has 2 aromatic carbocycles. The molecule has 2 aliphatic rings. The molecule has 1 saturated carbocycles. The highest BCUT2D eigenvalue weighted by molar-refractivity contribution is 5.99. The van der Waals surface area contributed by atoms with Gasteiger partial charge in [-0.15, -0.1) is 0 Å². The quantitative estimate of drug-likeness (QED) is 0.224. The molecule has 1 aliphatic heterocycles. The van der Waals surface area contributed by atoms with Crippen LogP contribution in [0.5, 0.6) is 0 Å². The first-order valence-electron chi connectivity index (χ1n) is 15.8. The summed E-state index contributed by atoms with van der Waals surface area (Å²) in [6.45, 7) is 6.41. The number of imidazole rings is 1. The highest BCUT2D eigenvalue weighted by Gasteiger charge is 2.31. The minimum Gasteiger partial charge on any atom is -0.385 e. The van der Waals surface area contributed by atoms with E-state index in [0.29, 0.717) is 28.9 Å². The largest absolute Gasteiger partial charge is 0.385 e. The Balaban J connectivity index is 1.09. The summed E-state index contributed by atoms with van der Waals surface area (Å²) in [5.74, 6) is -0.310. The maximum Gasteiger partial charge on any atom is 0.164 e. The lowest BCUT2D eigenvalue weighted by atomic mass is 9.90. The Labute approximate surface area is 260 Å². The molecule has 0 bridgehead atoms. The summed E-state index contributed by atoms with van der Waals surface area (Å²) < 4.78 is 35.8. The van der Waals surface area contributed by atoms with Crippen LogP contribution in [0.2, 0.25) is 0 Å². The molecule has 0 spiro atoms. The number of H-pyrrole nitrogens is 1. The number of hydrogen-bond donors (Lipinski definition) is 2. The lowest BCUT2D eigenvalue weighted by molar-refractivity contribution is 0.0662. The van der Waals surface area contributed by atoms with Gasteiger partial charge < -0.3 is 20.4 Å². The molecule has 5 aromatic rings. The average Bonchev–Trinajstić information content (AvgIpc) is 3.65. The van der Waals surface area contributed by atoms with E-state index in [1.54, 1.807) is 7.11 Å². The van der Waals surface area contributed by atoms with Crippen molar-refractivity contribution in [1.82, 2.24) is 39.5 Å². The number of nitrogen functional groups attached to an aromatic ring is 1. The number of aromatic nitrogens is 6. The van der Waals surface area contributed by atoms with Gasteiger partial charge in [-0.25, -0.2) is 28.4 Å². The lowest BCUT2D eigenvalue weighted by Gasteiger charge is -2.42. The molecule has 2 fully saturated rings. The number of methoxy groups -OCH3 is 1. The van der Waals surface area contributed by atoms with Gasteiger partial charge in [-0.2, -0.15) is 5.10 Å². The number of anilines is 1. The van der Waals surface area contributed by atoms with Gasteiger partial charge in [-0.1, -0.05) is 12.1 Å². The Morgan fingerprint density at radius 2 is 1.73 bits per heavy atom. The maximum absolute atomic E-state index is 14.3. The average molecular weight is 616 g/mol. The summed E-state index contributed by atoms with van der Waals surface area (Å²) in [6, 6.07) is 10.5. The number of fused-ring (bicyclic) bond motifs is 2. The third-order valence-electron chi connectivity index (χ3n) is 9.49. The van der Waals surface area contributed by atoms with E-state index in [-0.39, 0.29) is 18.0 Å². The number of piperazine rings is 1. The van der Waals surface area contributed by atoms with E-state index < -0.39 is 11.6 Å². The Morgan fingerprint density at radius 3 is 2.49 bits per heavy atom. The molecule has 0 radical (unpaired) electrons. The Kier molecular flexibility index (Phi) is 8.43. The normalized spacial score (nSPS) is 20.0. The second-order valence-electron chi connectivity index (χ2n) is 12.2. The first-order chi connectivity index (χ1) is 22.0. The van der Waals surface area contributed by atoms with E-state index in [2.05, 4.69) is 34.4 Å². The fraction of sp³-hybridized carbons (Fsp3) is 0.455. The second kappa shape index (κ2) is 12.8. The standard InChI is InChI=1S/C33H39F2N9O/c1-45-17-3-12-42-13-15-43(16-14-42)22-7-9-23(10-8-22)44-33-30(32(36)37-20-38-33)31(41-44)21-6-11-27-28(18-21)40-29(39-27)19-24-25(34)4-2-5-26(24)35/h2,4-6,11,18,20,22-23H,3,7-10,12-17,19H2,1H3,(H,39,40)(H2,36,37,38). The number of benzene rings is 2. The minimum atomic E-state index is -0.589. The number of nitrogens with two attached hydrogens (primary N) is 1. The van der Waals surface area contributed by atoms with E-state index in [9.17, 15) is 8.78 Å². The van der Waals surface area contributed by atoms with Gasteiger partial charge in [0.15, 0.2) is 5.65 Å². The molecule has 0 amide bonds. The molecule has 4 heterocycles. The van der Waals surface area contributed by atoms with Crippen LogP contribution in [0.3, 0.4) is 0 Å². The molecule has 10 nitrogen and oxygen atoms in total. The van der Waals surface area contributed by atoms with Gasteiger partial charge in [0, 0.05) is 70.0 Å². The predicted octanol–water partition coefficient (Wildman–Crippen LogP) is 4.96. The molecule has 3 aromatic heterocycles. The van der Waals surface area contributed by atoms with Crippen LogP contribution >= 0.6 is 0 Å². The highest BCUT2D eigenvalue weighted by Crippen LogP contribution is 2.37. The first-order valence-corrected chi connectivity index (χ1v) is 15.8. The number of halogens is 2. The van der Waals surface area contributed by atoms with Gasteiger partial charge in [0.25, 0.3) is 0 Å². The number of nitrogens with zero attached hydrogens (tertiary/aromatic N) is 7. The minimum absolute atomic E-state index is 0.0126. The number of aromatic amines is 1. The Morgan fingerprint density at radius 1 is 0.978 bits per heavy atom. The van der Waals surface area contributed by atoms with E-state index in [1.807, 2.05) is 18.2 Å². The van der Waals surface area contributed by atoms with Gasteiger partial charge >= 0.3 is 0 Å². The SMILES string of the molecule is COCCCN1CCN(C2CCC(n3nc(-c4ccc5nc(Cc6c(F)cccc6F)[nH]c5c4)c4c(N)ncnc43)CC2)CC1. The molecule has 3 N–H and O–H groups in total. The predicted molar refractivity (Wildman–Crippen MR) is 170 cm³/mol. The van der Waals surface area contributed by atoms with Crippen molar-refractivity contribution >= 4 is 27.9 Å². The number of rotatable bonds is 9. The smallest absolute Gasteiger partial charge is 0.164 e. The van der Waals surface area contributed by atoms with Gasteiger partial charge in [-0.05, 0) is 56.4 Å². The monoisotopic (exact) mass is 615 g/mol. The van der Waals surface area contributed by atoms with Crippen LogP contribution in [0.15, 0.2) is 42.7 Å². The number of nitrogens with one attached hydrogen (secondary N) is 1. The zero-order valence-electron chi connectivity index (χ0n) is 25.6. The first kappa shape index (κ1) is 29.7. The van der Waals surface area contributed by atoms with Crippen molar-refractivity contribution in [3.8, 4) is 11.3 Å². The van der Waals surface area contributed by atoms with Gasteiger partial charge in [0.2, 0.25) is 0 Å². The zero-order valence-corrected chi connectivity index (χ0v) is 25.6. The van der Waals surface area contributed by atoms with Crippen molar-refractivity contribution in [3.05, 3.63) is 65.7 Å². The van der Waals surface area contributed by atoms with Crippen LogP contribution in [-0.2, 0) is 11.2 Å². The van der Waals surface area contributed by atoms with E-state index in [1.165, 1.54) is 24.5 Å².